The highest BCUT2D eigenvalue weighted by molar-refractivity contribution is 5.79. The van der Waals surface area contributed by atoms with Crippen molar-refractivity contribution < 1.29 is 4.79 Å². The summed E-state index contributed by atoms with van der Waals surface area (Å²) in [6.07, 6.45) is 6.19. The number of hydrogen-bond acceptors (Lipinski definition) is 1. The van der Waals surface area contributed by atoms with E-state index >= 15 is 0 Å². The number of amides is 1. The summed E-state index contributed by atoms with van der Waals surface area (Å²) in [7, 11) is 0. The third-order valence-electron chi connectivity index (χ3n) is 2.69. The summed E-state index contributed by atoms with van der Waals surface area (Å²) in [5, 5.41) is 2.89. The van der Waals surface area contributed by atoms with Gasteiger partial charge in [0.05, 0.1) is 6.42 Å². The van der Waals surface area contributed by atoms with Crippen molar-refractivity contribution in [2.45, 2.75) is 39.7 Å². The van der Waals surface area contributed by atoms with Gasteiger partial charge in [0, 0.05) is 12.5 Å². The molecule has 1 unspecified atom stereocenters. The molecule has 0 saturated heterocycles. The molecule has 2 heteroatoms. The number of carbonyl (C=O) groups is 1. The van der Waals surface area contributed by atoms with E-state index in [2.05, 4.69) is 23.4 Å². The SMILES string of the molecule is C#CCC(C)NC(=O)Cc1cc(C)ccc1C. The molecule has 1 aromatic rings. The molecule has 1 aromatic carbocycles. The fourth-order valence-electron chi connectivity index (χ4n) is 1.72. The zero-order valence-electron chi connectivity index (χ0n) is 10.7. The third kappa shape index (κ3) is 4.32. The second kappa shape index (κ2) is 6.10. The smallest absolute Gasteiger partial charge is 0.224 e. The van der Waals surface area contributed by atoms with Gasteiger partial charge in [0.2, 0.25) is 5.91 Å². The van der Waals surface area contributed by atoms with Crippen molar-refractivity contribution in [3.63, 3.8) is 0 Å². The number of terminal acetylenes is 1. The molecule has 90 valence electrons. The maximum atomic E-state index is 11.8. The average Bonchev–Trinajstić information content (AvgIpc) is 2.23. The Morgan fingerprint density at radius 2 is 2.18 bits per heavy atom. The highest BCUT2D eigenvalue weighted by Gasteiger charge is 2.08. The molecule has 1 rings (SSSR count). The van der Waals surface area contributed by atoms with Gasteiger partial charge in [0.15, 0.2) is 0 Å². The van der Waals surface area contributed by atoms with E-state index < -0.39 is 0 Å². The molecule has 0 radical (unpaired) electrons. The standard InChI is InChI=1S/C15H19NO/c1-5-6-13(4)16-15(17)10-14-9-11(2)7-8-12(14)3/h1,7-9,13H,6,10H2,2-4H3,(H,16,17). The maximum absolute atomic E-state index is 11.8. The third-order valence-corrected chi connectivity index (χ3v) is 2.69. The van der Waals surface area contributed by atoms with Crippen molar-refractivity contribution in [1.29, 1.82) is 0 Å². The van der Waals surface area contributed by atoms with E-state index in [0.29, 0.717) is 12.8 Å². The molecule has 1 amide bonds. The first kappa shape index (κ1) is 13.3. The van der Waals surface area contributed by atoms with E-state index in [0.717, 1.165) is 11.1 Å². The van der Waals surface area contributed by atoms with E-state index in [-0.39, 0.29) is 11.9 Å². The number of benzene rings is 1. The summed E-state index contributed by atoms with van der Waals surface area (Å²) in [4.78, 5) is 11.8. The van der Waals surface area contributed by atoms with Gasteiger partial charge in [-0.05, 0) is 31.9 Å². The molecule has 0 aliphatic rings. The first-order chi connectivity index (χ1) is 8.02. The van der Waals surface area contributed by atoms with Crippen molar-refractivity contribution in [2.24, 2.45) is 0 Å². The minimum atomic E-state index is 0.0291. The molecule has 0 aliphatic heterocycles. The Kier molecular flexibility index (Phi) is 4.78. The molecule has 17 heavy (non-hydrogen) atoms. The van der Waals surface area contributed by atoms with Crippen LogP contribution in [0, 0.1) is 26.2 Å². The summed E-state index contributed by atoms with van der Waals surface area (Å²) in [6, 6.07) is 6.19. The van der Waals surface area contributed by atoms with Crippen molar-refractivity contribution in [3.8, 4) is 12.3 Å². The Bertz CT molecular complexity index is 443. The minimum Gasteiger partial charge on any atom is -0.352 e. The summed E-state index contributed by atoms with van der Waals surface area (Å²) in [5.74, 6) is 2.57. The molecule has 0 bridgehead atoms. The maximum Gasteiger partial charge on any atom is 0.224 e. The Hall–Kier alpha value is -1.75. The predicted molar refractivity (Wildman–Crippen MR) is 70.7 cm³/mol. The predicted octanol–water partition coefficient (Wildman–Crippen LogP) is 2.37. The monoisotopic (exact) mass is 229 g/mol. The summed E-state index contributed by atoms with van der Waals surface area (Å²) < 4.78 is 0. The van der Waals surface area contributed by atoms with Crippen LogP contribution in [0.4, 0.5) is 0 Å². The summed E-state index contributed by atoms with van der Waals surface area (Å²) in [5.41, 5.74) is 3.40. The number of rotatable bonds is 4. The Labute approximate surface area is 103 Å². The van der Waals surface area contributed by atoms with Crippen LogP contribution in [0.1, 0.15) is 30.0 Å². The van der Waals surface area contributed by atoms with Gasteiger partial charge in [-0.15, -0.1) is 12.3 Å². The van der Waals surface area contributed by atoms with Gasteiger partial charge in [0.1, 0.15) is 0 Å². The quantitative estimate of drug-likeness (QED) is 0.789. The fourth-order valence-corrected chi connectivity index (χ4v) is 1.72. The fraction of sp³-hybridized carbons (Fsp3) is 0.400. The van der Waals surface area contributed by atoms with E-state index in [1.807, 2.05) is 26.8 Å². The summed E-state index contributed by atoms with van der Waals surface area (Å²) >= 11 is 0. The van der Waals surface area contributed by atoms with Crippen LogP contribution in [0.25, 0.3) is 0 Å². The van der Waals surface area contributed by atoms with Crippen LogP contribution in [0.2, 0.25) is 0 Å². The highest BCUT2D eigenvalue weighted by Crippen LogP contribution is 2.11. The number of hydrogen-bond donors (Lipinski definition) is 1. The molecule has 2 nitrogen and oxygen atoms in total. The van der Waals surface area contributed by atoms with Crippen LogP contribution in [0.3, 0.4) is 0 Å². The highest BCUT2D eigenvalue weighted by atomic mass is 16.1. The molecular formula is C15H19NO. The molecule has 1 N–H and O–H groups in total. The van der Waals surface area contributed by atoms with Crippen LogP contribution in [-0.4, -0.2) is 11.9 Å². The lowest BCUT2D eigenvalue weighted by Gasteiger charge is -2.12. The van der Waals surface area contributed by atoms with Gasteiger partial charge < -0.3 is 5.32 Å². The molecule has 0 heterocycles. The first-order valence-corrected chi connectivity index (χ1v) is 5.82. The van der Waals surface area contributed by atoms with Crippen LogP contribution in [0.15, 0.2) is 18.2 Å². The van der Waals surface area contributed by atoms with Crippen LogP contribution in [-0.2, 0) is 11.2 Å². The second-order valence-corrected chi connectivity index (χ2v) is 4.48. The van der Waals surface area contributed by atoms with E-state index in [1.54, 1.807) is 0 Å². The average molecular weight is 229 g/mol. The zero-order valence-corrected chi connectivity index (χ0v) is 10.7. The second-order valence-electron chi connectivity index (χ2n) is 4.48. The molecule has 0 spiro atoms. The summed E-state index contributed by atoms with van der Waals surface area (Å²) in [6.45, 7) is 5.97. The molecule has 1 atom stereocenters. The van der Waals surface area contributed by atoms with Crippen molar-refractivity contribution in [3.05, 3.63) is 34.9 Å². The van der Waals surface area contributed by atoms with Crippen LogP contribution < -0.4 is 5.32 Å². The number of aryl methyl sites for hydroxylation is 2. The lowest BCUT2D eigenvalue weighted by Crippen LogP contribution is -2.33. The normalized spacial score (nSPS) is 11.6. The van der Waals surface area contributed by atoms with Gasteiger partial charge in [-0.25, -0.2) is 0 Å². The van der Waals surface area contributed by atoms with Gasteiger partial charge in [-0.3, -0.25) is 4.79 Å². The minimum absolute atomic E-state index is 0.0291. The number of nitrogens with one attached hydrogen (secondary N) is 1. The molecule has 0 aliphatic carbocycles. The molecular weight excluding hydrogens is 210 g/mol. The lowest BCUT2D eigenvalue weighted by atomic mass is 10.0. The van der Waals surface area contributed by atoms with Crippen LogP contribution in [0.5, 0.6) is 0 Å². The largest absolute Gasteiger partial charge is 0.352 e. The molecule has 0 saturated carbocycles. The van der Waals surface area contributed by atoms with Gasteiger partial charge >= 0.3 is 0 Å². The van der Waals surface area contributed by atoms with Gasteiger partial charge in [-0.2, -0.15) is 0 Å². The Balaban J connectivity index is 2.62. The lowest BCUT2D eigenvalue weighted by molar-refractivity contribution is -0.121. The van der Waals surface area contributed by atoms with Crippen molar-refractivity contribution in [1.82, 2.24) is 5.32 Å². The van der Waals surface area contributed by atoms with E-state index in [1.165, 1.54) is 5.56 Å². The van der Waals surface area contributed by atoms with Crippen molar-refractivity contribution >= 4 is 5.91 Å². The van der Waals surface area contributed by atoms with Gasteiger partial charge in [-0.1, -0.05) is 23.8 Å². The van der Waals surface area contributed by atoms with Crippen molar-refractivity contribution in [2.75, 3.05) is 0 Å². The van der Waals surface area contributed by atoms with Gasteiger partial charge in [0.25, 0.3) is 0 Å². The zero-order chi connectivity index (χ0) is 12.8. The topological polar surface area (TPSA) is 29.1 Å². The van der Waals surface area contributed by atoms with E-state index in [4.69, 9.17) is 6.42 Å². The Morgan fingerprint density at radius 3 is 2.82 bits per heavy atom. The molecule has 0 aromatic heterocycles. The number of carbonyl (C=O) groups excluding carboxylic acids is 1. The molecule has 0 fully saturated rings. The first-order valence-electron chi connectivity index (χ1n) is 5.82. The van der Waals surface area contributed by atoms with E-state index in [9.17, 15) is 4.79 Å². The van der Waals surface area contributed by atoms with Crippen LogP contribution >= 0.6 is 0 Å². The Morgan fingerprint density at radius 1 is 1.47 bits per heavy atom.